The van der Waals surface area contributed by atoms with E-state index in [0.29, 0.717) is 17.0 Å². The normalized spacial score (nSPS) is 20.7. The minimum absolute atomic E-state index is 0.0612. The van der Waals surface area contributed by atoms with Gasteiger partial charge in [-0.05, 0) is 55.8 Å². The van der Waals surface area contributed by atoms with Gasteiger partial charge in [0.2, 0.25) is 5.91 Å². The number of alkyl halides is 1. The first-order valence-corrected chi connectivity index (χ1v) is 9.07. The topological polar surface area (TPSA) is 55.4 Å². The molecule has 0 fully saturated rings. The number of nitrogens with one attached hydrogen (secondary N) is 1. The Morgan fingerprint density at radius 2 is 1.83 bits per heavy atom. The average molecular weight is 397 g/mol. The Balaban J connectivity index is 1.82. The summed E-state index contributed by atoms with van der Waals surface area (Å²) >= 11 is 0. The summed E-state index contributed by atoms with van der Waals surface area (Å²) in [4.78, 5) is 24.1. The van der Waals surface area contributed by atoms with Crippen molar-refractivity contribution in [2.45, 2.75) is 19.5 Å². The second-order valence-corrected chi connectivity index (χ2v) is 6.99. The summed E-state index contributed by atoms with van der Waals surface area (Å²) < 4.78 is 33.7. The highest BCUT2D eigenvalue weighted by Gasteiger charge is 2.43. The Bertz CT molecular complexity index is 1010. The zero-order valence-corrected chi connectivity index (χ0v) is 16.3. The minimum Gasteiger partial charge on any atom is -0.496 e. The van der Waals surface area contributed by atoms with E-state index in [1.807, 2.05) is 0 Å². The molecule has 1 aliphatic carbocycles. The molecule has 3 rings (SSSR count). The molecule has 150 valence electrons. The van der Waals surface area contributed by atoms with Crippen LogP contribution < -0.4 is 10.1 Å². The van der Waals surface area contributed by atoms with Gasteiger partial charge in [0, 0.05) is 16.8 Å². The third-order valence-electron chi connectivity index (χ3n) is 4.95. The number of methoxy groups -OCH3 is 1. The molecule has 2 atom stereocenters. The van der Waals surface area contributed by atoms with Crippen molar-refractivity contribution >= 4 is 17.4 Å². The number of ether oxygens (including phenoxy) is 1. The van der Waals surface area contributed by atoms with Gasteiger partial charge < -0.3 is 10.1 Å². The van der Waals surface area contributed by atoms with Crippen molar-refractivity contribution in [2.75, 3.05) is 12.4 Å². The summed E-state index contributed by atoms with van der Waals surface area (Å²) in [6.07, 6.45) is 3.68. The van der Waals surface area contributed by atoms with Crippen LogP contribution in [0.3, 0.4) is 0 Å². The first-order chi connectivity index (χ1) is 13.7. The summed E-state index contributed by atoms with van der Waals surface area (Å²) in [6, 6.07) is 12.0. The zero-order chi connectivity index (χ0) is 21.2. The summed E-state index contributed by atoms with van der Waals surface area (Å²) in [5.41, 5.74) is 0.125. The van der Waals surface area contributed by atoms with E-state index in [-0.39, 0.29) is 5.78 Å². The molecule has 0 saturated carbocycles. The van der Waals surface area contributed by atoms with Gasteiger partial charge in [0.1, 0.15) is 11.6 Å². The molecule has 1 amide bonds. The summed E-state index contributed by atoms with van der Waals surface area (Å²) in [6.45, 7) is 2.53. The molecular weight excluding hydrogens is 376 g/mol. The lowest BCUT2D eigenvalue weighted by molar-refractivity contribution is -0.121. The fourth-order valence-electron chi connectivity index (χ4n) is 3.18. The number of allylic oxidation sites excluding steroid dienone is 3. The molecule has 0 radical (unpaired) electrons. The van der Waals surface area contributed by atoms with E-state index in [1.54, 1.807) is 49.6 Å². The molecule has 0 aliphatic heterocycles. The van der Waals surface area contributed by atoms with Crippen molar-refractivity contribution in [1.82, 2.24) is 0 Å². The maximum Gasteiger partial charge on any atom is 0.235 e. The molecule has 1 aliphatic rings. The average Bonchev–Trinajstić information content (AvgIpc) is 2.70. The van der Waals surface area contributed by atoms with Crippen LogP contribution in [-0.4, -0.2) is 24.5 Å². The van der Waals surface area contributed by atoms with E-state index in [2.05, 4.69) is 5.32 Å². The van der Waals surface area contributed by atoms with Crippen molar-refractivity contribution in [3.8, 4) is 16.9 Å². The first kappa shape index (κ1) is 20.5. The monoisotopic (exact) mass is 397 g/mol. The molecule has 2 aromatic carbocycles. The highest BCUT2D eigenvalue weighted by molar-refractivity contribution is 5.97. The maximum atomic E-state index is 14.6. The predicted molar refractivity (Wildman–Crippen MR) is 108 cm³/mol. The highest BCUT2D eigenvalue weighted by atomic mass is 19.2. The number of amides is 1. The number of Topliss-reactive ketones (excluding diaryl/α,β-unsaturated/α-hetero) is 1. The lowest BCUT2D eigenvalue weighted by Gasteiger charge is -2.28. The number of benzene rings is 2. The van der Waals surface area contributed by atoms with Crippen molar-refractivity contribution in [3.63, 3.8) is 0 Å². The van der Waals surface area contributed by atoms with Crippen molar-refractivity contribution < 1.29 is 23.1 Å². The number of hydrogen-bond acceptors (Lipinski definition) is 3. The number of rotatable bonds is 5. The van der Waals surface area contributed by atoms with Crippen molar-refractivity contribution in [1.29, 1.82) is 0 Å². The molecule has 4 nitrogen and oxygen atoms in total. The van der Waals surface area contributed by atoms with Gasteiger partial charge in [-0.3, -0.25) is 9.59 Å². The number of carbonyl (C=O) groups excluding carboxylic acids is 2. The van der Waals surface area contributed by atoms with E-state index < -0.39 is 23.3 Å². The number of carbonyl (C=O) groups is 2. The van der Waals surface area contributed by atoms with Gasteiger partial charge in [0.25, 0.3) is 0 Å². The molecule has 1 N–H and O–H groups in total. The van der Waals surface area contributed by atoms with Gasteiger partial charge in [-0.25, -0.2) is 8.78 Å². The number of anilines is 1. The van der Waals surface area contributed by atoms with Crippen LogP contribution in [0.2, 0.25) is 0 Å². The second kappa shape index (κ2) is 7.99. The molecule has 0 heterocycles. The Kier molecular flexibility index (Phi) is 5.64. The summed E-state index contributed by atoms with van der Waals surface area (Å²) in [5.74, 6) is -2.34. The first-order valence-electron chi connectivity index (χ1n) is 9.07. The fraction of sp³-hybridized carbons (Fsp3) is 0.217. The Hall–Kier alpha value is -3.28. The lowest BCUT2D eigenvalue weighted by atomic mass is 9.85. The van der Waals surface area contributed by atoms with Crippen LogP contribution in [0.1, 0.15) is 24.2 Å². The van der Waals surface area contributed by atoms with E-state index in [1.165, 1.54) is 19.1 Å². The number of ketones is 1. The predicted octanol–water partition coefficient (Wildman–Crippen LogP) is 5.27. The molecule has 2 aromatic rings. The van der Waals surface area contributed by atoms with Crippen LogP contribution >= 0.6 is 0 Å². The van der Waals surface area contributed by atoms with Crippen molar-refractivity contribution in [2.24, 2.45) is 5.92 Å². The summed E-state index contributed by atoms with van der Waals surface area (Å²) in [7, 11) is 1.54. The summed E-state index contributed by atoms with van der Waals surface area (Å²) in [5, 5.41) is 2.62. The Labute approximate surface area is 167 Å². The second-order valence-electron chi connectivity index (χ2n) is 6.99. The van der Waals surface area contributed by atoms with Gasteiger partial charge in [-0.15, -0.1) is 0 Å². The van der Waals surface area contributed by atoms with E-state index in [0.717, 1.165) is 24.1 Å². The van der Waals surface area contributed by atoms with E-state index >= 15 is 0 Å². The number of halogens is 2. The van der Waals surface area contributed by atoms with E-state index in [9.17, 15) is 18.4 Å². The largest absolute Gasteiger partial charge is 0.496 e. The Morgan fingerprint density at radius 3 is 2.45 bits per heavy atom. The van der Waals surface area contributed by atoms with Gasteiger partial charge in [-0.2, -0.15) is 0 Å². The van der Waals surface area contributed by atoms with Crippen LogP contribution in [-0.2, 0) is 4.79 Å². The minimum atomic E-state index is -2.39. The van der Waals surface area contributed by atoms with Gasteiger partial charge in [-0.1, -0.05) is 24.3 Å². The molecule has 2 unspecified atom stereocenters. The van der Waals surface area contributed by atoms with Crippen LogP contribution in [0.5, 0.6) is 5.75 Å². The highest BCUT2D eigenvalue weighted by Crippen LogP contribution is 2.36. The number of hydrogen-bond donors (Lipinski definition) is 1. The van der Waals surface area contributed by atoms with Crippen LogP contribution in [0, 0.1) is 5.92 Å². The van der Waals surface area contributed by atoms with Gasteiger partial charge in [0.05, 0.1) is 13.0 Å². The quantitative estimate of drug-likeness (QED) is 0.699. The lowest BCUT2D eigenvalue weighted by Crippen LogP contribution is -2.39. The molecule has 0 bridgehead atoms. The van der Waals surface area contributed by atoms with Gasteiger partial charge >= 0.3 is 0 Å². The SMILES string of the molecule is COc1ccc(C(C)=O)cc1-c1ccc(NC(=O)C2C=CC=C(F)C2(C)F)cc1. The molecule has 29 heavy (non-hydrogen) atoms. The van der Waals surface area contributed by atoms with E-state index in [4.69, 9.17) is 4.74 Å². The van der Waals surface area contributed by atoms with Gasteiger partial charge in [0.15, 0.2) is 11.5 Å². The standard InChI is InChI=1S/C23H21F2NO3/c1-14(27)16-9-12-20(29-3)18(13-16)15-7-10-17(11-8-15)26-22(28)19-5-4-6-21(24)23(19,2)25/h4-13,19H,1-3H3,(H,26,28). The maximum absolute atomic E-state index is 14.6. The molecule has 0 saturated heterocycles. The molecular formula is C23H21F2NO3. The fourth-order valence-corrected chi connectivity index (χ4v) is 3.18. The molecule has 6 heteroatoms. The third kappa shape index (κ3) is 4.11. The van der Waals surface area contributed by atoms with Crippen molar-refractivity contribution in [3.05, 3.63) is 72.1 Å². The Morgan fingerprint density at radius 1 is 1.14 bits per heavy atom. The third-order valence-corrected chi connectivity index (χ3v) is 4.95. The van der Waals surface area contributed by atoms with Crippen LogP contribution in [0.25, 0.3) is 11.1 Å². The smallest absolute Gasteiger partial charge is 0.235 e. The van der Waals surface area contributed by atoms with Crippen LogP contribution in [0.15, 0.2) is 66.5 Å². The molecule has 0 aromatic heterocycles. The molecule has 0 spiro atoms. The zero-order valence-electron chi connectivity index (χ0n) is 16.3. The van der Waals surface area contributed by atoms with Crippen LogP contribution in [0.4, 0.5) is 14.5 Å².